The summed E-state index contributed by atoms with van der Waals surface area (Å²) in [7, 11) is 1.64. The molecule has 0 aliphatic carbocycles. The van der Waals surface area contributed by atoms with Crippen molar-refractivity contribution in [1.82, 2.24) is 4.90 Å². The first kappa shape index (κ1) is 13.2. The van der Waals surface area contributed by atoms with Crippen LogP contribution in [0.25, 0.3) is 0 Å². The molecule has 0 spiro atoms. The van der Waals surface area contributed by atoms with E-state index in [0.717, 1.165) is 17.9 Å². The summed E-state index contributed by atoms with van der Waals surface area (Å²) in [6.07, 6.45) is -0.344. The molecule has 5 heteroatoms. The van der Waals surface area contributed by atoms with E-state index in [2.05, 4.69) is 11.0 Å². The number of benzene rings is 1. The lowest BCUT2D eigenvalue weighted by molar-refractivity contribution is -0.00291. The molecule has 0 N–H and O–H groups in total. The second-order valence-electron chi connectivity index (χ2n) is 4.18. The van der Waals surface area contributed by atoms with Crippen LogP contribution in [0.2, 0.25) is 5.02 Å². The van der Waals surface area contributed by atoms with E-state index in [4.69, 9.17) is 26.3 Å². The van der Waals surface area contributed by atoms with Gasteiger partial charge in [0.1, 0.15) is 5.75 Å². The van der Waals surface area contributed by atoms with Crippen LogP contribution in [0.4, 0.5) is 0 Å². The summed E-state index contributed by atoms with van der Waals surface area (Å²) < 4.78 is 10.6. The van der Waals surface area contributed by atoms with Crippen molar-refractivity contribution in [2.24, 2.45) is 0 Å². The SMILES string of the molecule is COc1ccc(Cl)cc1CN1CCOC(C#N)C1. The van der Waals surface area contributed by atoms with E-state index in [1.54, 1.807) is 13.2 Å². The molecule has 1 aliphatic rings. The molecule has 1 aromatic carbocycles. The first-order valence-electron chi connectivity index (χ1n) is 5.79. The molecular formula is C13H15ClN2O2. The van der Waals surface area contributed by atoms with Crippen molar-refractivity contribution in [3.63, 3.8) is 0 Å². The van der Waals surface area contributed by atoms with E-state index in [1.165, 1.54) is 0 Å². The summed E-state index contributed by atoms with van der Waals surface area (Å²) in [5.41, 5.74) is 1.03. The maximum absolute atomic E-state index is 8.87. The molecule has 1 aromatic rings. The van der Waals surface area contributed by atoms with Gasteiger partial charge in [0.15, 0.2) is 6.10 Å². The Hall–Kier alpha value is -1.28. The zero-order chi connectivity index (χ0) is 13.0. The second-order valence-corrected chi connectivity index (χ2v) is 4.62. The van der Waals surface area contributed by atoms with Crippen LogP contribution in [-0.4, -0.2) is 37.8 Å². The summed E-state index contributed by atoms with van der Waals surface area (Å²) in [4.78, 5) is 2.17. The second kappa shape index (κ2) is 6.05. The molecule has 2 rings (SSSR count). The Balaban J connectivity index is 2.09. The van der Waals surface area contributed by atoms with Crippen molar-refractivity contribution in [2.75, 3.05) is 26.8 Å². The number of hydrogen-bond donors (Lipinski definition) is 0. The summed E-state index contributed by atoms with van der Waals surface area (Å²) in [6, 6.07) is 7.71. The highest BCUT2D eigenvalue weighted by Crippen LogP contribution is 2.24. The molecule has 1 atom stereocenters. The average Bonchev–Trinajstić information content (AvgIpc) is 2.39. The third-order valence-electron chi connectivity index (χ3n) is 2.93. The van der Waals surface area contributed by atoms with Gasteiger partial charge in [-0.3, -0.25) is 4.90 Å². The fourth-order valence-electron chi connectivity index (χ4n) is 2.04. The molecule has 1 saturated heterocycles. The minimum Gasteiger partial charge on any atom is -0.496 e. The number of nitrogens with zero attached hydrogens (tertiary/aromatic N) is 2. The highest BCUT2D eigenvalue weighted by Gasteiger charge is 2.20. The molecule has 96 valence electrons. The predicted molar refractivity (Wildman–Crippen MR) is 68.6 cm³/mol. The van der Waals surface area contributed by atoms with E-state index in [9.17, 15) is 0 Å². The number of hydrogen-bond acceptors (Lipinski definition) is 4. The smallest absolute Gasteiger partial charge is 0.156 e. The van der Waals surface area contributed by atoms with Crippen LogP contribution in [-0.2, 0) is 11.3 Å². The van der Waals surface area contributed by atoms with E-state index < -0.39 is 0 Å². The molecule has 1 heterocycles. The average molecular weight is 267 g/mol. The van der Waals surface area contributed by atoms with Crippen molar-refractivity contribution in [2.45, 2.75) is 12.6 Å². The Kier molecular flexibility index (Phi) is 4.43. The molecule has 0 radical (unpaired) electrons. The summed E-state index contributed by atoms with van der Waals surface area (Å²) >= 11 is 6.00. The van der Waals surface area contributed by atoms with Crippen LogP contribution in [0.5, 0.6) is 5.75 Å². The molecule has 0 bridgehead atoms. The number of methoxy groups -OCH3 is 1. The van der Waals surface area contributed by atoms with Crippen molar-refractivity contribution in [1.29, 1.82) is 5.26 Å². The van der Waals surface area contributed by atoms with Crippen LogP contribution >= 0.6 is 11.6 Å². The lowest BCUT2D eigenvalue weighted by Gasteiger charge is -2.30. The number of rotatable bonds is 3. The molecule has 1 fully saturated rings. The van der Waals surface area contributed by atoms with Gasteiger partial charge in [0.05, 0.1) is 19.8 Å². The molecule has 1 aliphatic heterocycles. The first-order valence-corrected chi connectivity index (χ1v) is 6.16. The molecule has 0 amide bonds. The molecule has 1 unspecified atom stereocenters. The van der Waals surface area contributed by atoms with Crippen LogP contribution in [0.1, 0.15) is 5.56 Å². The molecule has 4 nitrogen and oxygen atoms in total. The third-order valence-corrected chi connectivity index (χ3v) is 3.17. The predicted octanol–water partition coefficient (Wildman–Crippen LogP) is 2.07. The zero-order valence-electron chi connectivity index (χ0n) is 10.2. The maximum atomic E-state index is 8.87. The van der Waals surface area contributed by atoms with Gasteiger partial charge in [-0.1, -0.05) is 11.6 Å². The maximum Gasteiger partial charge on any atom is 0.156 e. The van der Waals surface area contributed by atoms with E-state index >= 15 is 0 Å². The molecular weight excluding hydrogens is 252 g/mol. The van der Waals surface area contributed by atoms with Crippen LogP contribution < -0.4 is 4.74 Å². The van der Waals surface area contributed by atoms with Crippen molar-refractivity contribution >= 4 is 11.6 Å². The van der Waals surface area contributed by atoms with Gasteiger partial charge in [0.25, 0.3) is 0 Å². The van der Waals surface area contributed by atoms with Crippen LogP contribution in [0.3, 0.4) is 0 Å². The lowest BCUT2D eigenvalue weighted by atomic mass is 10.1. The van der Waals surface area contributed by atoms with Crippen molar-refractivity contribution < 1.29 is 9.47 Å². The Bertz CT molecular complexity index is 459. The highest BCUT2D eigenvalue weighted by atomic mass is 35.5. The monoisotopic (exact) mass is 266 g/mol. The Morgan fingerprint density at radius 1 is 1.61 bits per heavy atom. The summed E-state index contributed by atoms with van der Waals surface area (Å²) in [5, 5.41) is 9.56. The lowest BCUT2D eigenvalue weighted by Crippen LogP contribution is -2.41. The molecule has 18 heavy (non-hydrogen) atoms. The topological polar surface area (TPSA) is 45.5 Å². The summed E-state index contributed by atoms with van der Waals surface area (Å²) in [6.45, 7) is 2.73. The van der Waals surface area contributed by atoms with E-state index in [-0.39, 0.29) is 6.10 Å². The number of nitriles is 1. The van der Waals surface area contributed by atoms with Gasteiger partial charge in [-0.15, -0.1) is 0 Å². The largest absolute Gasteiger partial charge is 0.496 e. The minimum absolute atomic E-state index is 0.344. The van der Waals surface area contributed by atoms with Crippen LogP contribution in [0, 0.1) is 11.3 Å². The van der Waals surface area contributed by atoms with E-state index in [1.807, 2.05) is 12.1 Å². The highest BCUT2D eigenvalue weighted by molar-refractivity contribution is 6.30. The van der Waals surface area contributed by atoms with Gasteiger partial charge in [-0.25, -0.2) is 0 Å². The Morgan fingerprint density at radius 2 is 2.44 bits per heavy atom. The van der Waals surface area contributed by atoms with Crippen molar-refractivity contribution in [3.05, 3.63) is 28.8 Å². The fraction of sp³-hybridized carbons (Fsp3) is 0.462. The fourth-order valence-corrected chi connectivity index (χ4v) is 2.23. The normalized spacial score (nSPS) is 20.4. The standard InChI is InChI=1S/C13H15ClN2O2/c1-17-13-3-2-11(14)6-10(13)8-16-4-5-18-12(7-15)9-16/h2-3,6,12H,4-5,8-9H2,1H3. The van der Waals surface area contributed by atoms with Gasteiger partial charge < -0.3 is 9.47 Å². The van der Waals surface area contributed by atoms with Gasteiger partial charge in [-0.2, -0.15) is 5.26 Å². The van der Waals surface area contributed by atoms with Crippen molar-refractivity contribution in [3.8, 4) is 11.8 Å². The van der Waals surface area contributed by atoms with Gasteiger partial charge in [0.2, 0.25) is 0 Å². The first-order chi connectivity index (χ1) is 8.72. The van der Waals surface area contributed by atoms with Gasteiger partial charge in [-0.05, 0) is 18.2 Å². The summed E-state index contributed by atoms with van der Waals surface area (Å²) in [5.74, 6) is 0.819. The van der Waals surface area contributed by atoms with Gasteiger partial charge >= 0.3 is 0 Å². The molecule has 0 saturated carbocycles. The molecule has 0 aromatic heterocycles. The zero-order valence-corrected chi connectivity index (χ0v) is 11.0. The van der Waals surface area contributed by atoms with E-state index in [0.29, 0.717) is 24.7 Å². The number of halogens is 1. The third kappa shape index (κ3) is 3.14. The Labute approximate surface area is 112 Å². The van der Waals surface area contributed by atoms with Crippen LogP contribution in [0.15, 0.2) is 18.2 Å². The minimum atomic E-state index is -0.344. The van der Waals surface area contributed by atoms with Gasteiger partial charge in [0, 0.05) is 30.2 Å². The number of ether oxygens (including phenoxy) is 2. The quantitative estimate of drug-likeness (QED) is 0.840. The Morgan fingerprint density at radius 3 is 3.17 bits per heavy atom. The number of morpholine rings is 1.